The van der Waals surface area contributed by atoms with Crippen molar-refractivity contribution in [3.8, 4) is 0 Å². The highest BCUT2D eigenvalue weighted by Gasteiger charge is 2.12. The van der Waals surface area contributed by atoms with Gasteiger partial charge in [-0.25, -0.2) is 0 Å². The highest BCUT2D eigenvalue weighted by Crippen LogP contribution is 2.15. The van der Waals surface area contributed by atoms with Crippen LogP contribution in [0.4, 0.5) is 0 Å². The van der Waals surface area contributed by atoms with Crippen LogP contribution in [-0.4, -0.2) is 15.7 Å². The number of ketones is 1. The number of hydrogen-bond donors (Lipinski definition) is 0. The first-order valence-electron chi connectivity index (χ1n) is 4.77. The molecule has 0 fully saturated rings. The minimum absolute atomic E-state index is 0.0600. The Morgan fingerprint density at radius 1 is 1.12 bits per heavy atom. The fourth-order valence-corrected chi connectivity index (χ4v) is 3.29. The number of carbonyl (C=O) groups is 1. The number of Topliss-reactive ketones (excluding diaryl/α,β-unsaturated/α-hetero) is 1. The van der Waals surface area contributed by atoms with Crippen LogP contribution in [0.1, 0.15) is 10.4 Å². The predicted molar refractivity (Wildman–Crippen MR) is 66.4 cm³/mol. The van der Waals surface area contributed by atoms with Gasteiger partial charge < -0.3 is 0 Å². The van der Waals surface area contributed by atoms with Crippen molar-refractivity contribution in [1.29, 1.82) is 0 Å². The van der Waals surface area contributed by atoms with Gasteiger partial charge in [0.15, 0.2) is 5.78 Å². The molecule has 1 unspecified atom stereocenters. The summed E-state index contributed by atoms with van der Waals surface area (Å²) in [6, 6.07) is 12.6. The van der Waals surface area contributed by atoms with E-state index in [0.717, 1.165) is 4.21 Å². The van der Waals surface area contributed by atoms with Crippen LogP contribution in [0.5, 0.6) is 0 Å². The first-order chi connectivity index (χ1) is 7.77. The average Bonchev–Trinajstić information content (AvgIpc) is 2.83. The Balaban J connectivity index is 2.06. The molecule has 1 heterocycles. The SMILES string of the molecule is O=C(CS(=O)c1cccs1)c1ccccc1. The molecule has 2 rings (SSSR count). The lowest BCUT2D eigenvalue weighted by Crippen LogP contribution is -2.10. The van der Waals surface area contributed by atoms with Gasteiger partial charge in [-0.05, 0) is 11.4 Å². The molecular weight excluding hydrogens is 240 g/mol. The molecule has 0 saturated carbocycles. The molecule has 2 aromatic rings. The van der Waals surface area contributed by atoms with Crippen molar-refractivity contribution in [2.75, 3.05) is 5.75 Å². The van der Waals surface area contributed by atoms with E-state index in [2.05, 4.69) is 0 Å². The summed E-state index contributed by atoms with van der Waals surface area (Å²) in [5, 5.41) is 1.86. The summed E-state index contributed by atoms with van der Waals surface area (Å²) in [6.07, 6.45) is 0. The third-order valence-electron chi connectivity index (χ3n) is 2.08. The zero-order valence-electron chi connectivity index (χ0n) is 8.46. The van der Waals surface area contributed by atoms with E-state index in [1.165, 1.54) is 11.3 Å². The van der Waals surface area contributed by atoms with Crippen LogP contribution >= 0.6 is 11.3 Å². The summed E-state index contributed by atoms with van der Waals surface area (Å²) in [5.41, 5.74) is 0.618. The van der Waals surface area contributed by atoms with Gasteiger partial charge in [-0.1, -0.05) is 36.4 Å². The standard InChI is InChI=1S/C12H10O2S2/c13-11(10-5-2-1-3-6-10)9-16(14)12-7-4-8-15-12/h1-8H,9H2. The van der Waals surface area contributed by atoms with E-state index in [0.29, 0.717) is 5.56 Å². The molecule has 0 aliphatic carbocycles. The Hall–Kier alpha value is -1.26. The summed E-state index contributed by atoms with van der Waals surface area (Å²) in [7, 11) is -1.21. The van der Waals surface area contributed by atoms with E-state index in [1.54, 1.807) is 30.3 Å². The first kappa shape index (κ1) is 11.2. The van der Waals surface area contributed by atoms with Gasteiger partial charge in [0.2, 0.25) is 0 Å². The molecule has 2 nitrogen and oxygen atoms in total. The Kier molecular flexibility index (Phi) is 3.64. The van der Waals surface area contributed by atoms with Crippen LogP contribution in [0.3, 0.4) is 0 Å². The number of carbonyl (C=O) groups excluding carboxylic acids is 1. The second kappa shape index (κ2) is 5.18. The molecular formula is C12H10O2S2. The van der Waals surface area contributed by atoms with Crippen LogP contribution in [0.15, 0.2) is 52.1 Å². The maximum Gasteiger partial charge on any atom is 0.175 e. The minimum atomic E-state index is -1.21. The fraction of sp³-hybridized carbons (Fsp3) is 0.0833. The van der Waals surface area contributed by atoms with Crippen molar-refractivity contribution in [1.82, 2.24) is 0 Å². The van der Waals surface area contributed by atoms with E-state index in [9.17, 15) is 9.00 Å². The summed E-state index contributed by atoms with van der Waals surface area (Å²) in [6.45, 7) is 0. The molecule has 0 amide bonds. The van der Waals surface area contributed by atoms with Crippen LogP contribution in [0, 0.1) is 0 Å². The van der Waals surface area contributed by atoms with Gasteiger partial charge in [0.25, 0.3) is 0 Å². The number of thiophene rings is 1. The molecule has 0 aliphatic heterocycles. The van der Waals surface area contributed by atoms with Gasteiger partial charge in [-0.15, -0.1) is 11.3 Å². The highest BCUT2D eigenvalue weighted by atomic mass is 32.2. The maximum atomic E-state index is 11.8. The van der Waals surface area contributed by atoms with Crippen molar-refractivity contribution in [3.05, 3.63) is 53.4 Å². The van der Waals surface area contributed by atoms with E-state index >= 15 is 0 Å². The topological polar surface area (TPSA) is 34.1 Å². The number of rotatable bonds is 4. The Labute approximate surface area is 100 Å². The molecule has 82 valence electrons. The molecule has 1 aromatic heterocycles. The molecule has 16 heavy (non-hydrogen) atoms. The van der Waals surface area contributed by atoms with Crippen molar-refractivity contribution in [2.45, 2.75) is 4.21 Å². The smallest absolute Gasteiger partial charge is 0.175 e. The van der Waals surface area contributed by atoms with Gasteiger partial charge >= 0.3 is 0 Å². The maximum absolute atomic E-state index is 11.8. The molecule has 1 atom stereocenters. The van der Waals surface area contributed by atoms with Crippen LogP contribution in [0.25, 0.3) is 0 Å². The number of hydrogen-bond acceptors (Lipinski definition) is 3. The van der Waals surface area contributed by atoms with Crippen molar-refractivity contribution in [3.63, 3.8) is 0 Å². The predicted octanol–water partition coefficient (Wildman–Crippen LogP) is 2.74. The van der Waals surface area contributed by atoms with Crippen molar-refractivity contribution < 1.29 is 9.00 Å². The first-order valence-corrected chi connectivity index (χ1v) is 6.97. The molecule has 1 aromatic carbocycles. The van der Waals surface area contributed by atoms with E-state index in [4.69, 9.17) is 0 Å². The molecule has 4 heteroatoms. The second-order valence-electron chi connectivity index (χ2n) is 3.21. The Bertz CT molecular complexity index is 489. The van der Waals surface area contributed by atoms with Crippen LogP contribution in [-0.2, 0) is 10.8 Å². The molecule has 0 saturated heterocycles. The van der Waals surface area contributed by atoms with Gasteiger partial charge in [0.1, 0.15) is 0 Å². The summed E-state index contributed by atoms with van der Waals surface area (Å²) in [5.74, 6) is -0.0165. The Morgan fingerprint density at radius 2 is 1.88 bits per heavy atom. The Morgan fingerprint density at radius 3 is 2.50 bits per heavy atom. The van der Waals surface area contributed by atoms with E-state index < -0.39 is 10.8 Å². The molecule has 0 bridgehead atoms. The minimum Gasteiger partial charge on any atom is -0.293 e. The zero-order valence-corrected chi connectivity index (χ0v) is 10.1. The van der Waals surface area contributed by atoms with Crippen molar-refractivity contribution in [2.24, 2.45) is 0 Å². The summed E-state index contributed by atoms with van der Waals surface area (Å²) in [4.78, 5) is 11.8. The second-order valence-corrected chi connectivity index (χ2v) is 5.84. The lowest BCUT2D eigenvalue weighted by atomic mass is 10.2. The lowest BCUT2D eigenvalue weighted by molar-refractivity contribution is 0.102. The third kappa shape index (κ3) is 2.65. The van der Waals surface area contributed by atoms with Crippen LogP contribution < -0.4 is 0 Å². The van der Waals surface area contributed by atoms with E-state index in [-0.39, 0.29) is 11.5 Å². The fourth-order valence-electron chi connectivity index (χ4n) is 1.29. The normalized spacial score (nSPS) is 12.2. The monoisotopic (exact) mass is 250 g/mol. The average molecular weight is 250 g/mol. The molecule has 0 aliphatic rings. The molecule has 0 spiro atoms. The van der Waals surface area contributed by atoms with E-state index in [1.807, 2.05) is 17.5 Å². The summed E-state index contributed by atoms with van der Waals surface area (Å²) < 4.78 is 12.5. The van der Waals surface area contributed by atoms with Gasteiger partial charge in [-0.2, -0.15) is 0 Å². The quantitative estimate of drug-likeness (QED) is 0.782. The third-order valence-corrected chi connectivity index (χ3v) is 4.69. The highest BCUT2D eigenvalue weighted by molar-refractivity contribution is 7.88. The molecule has 0 radical (unpaired) electrons. The summed E-state index contributed by atoms with van der Waals surface area (Å²) >= 11 is 1.42. The molecule has 0 N–H and O–H groups in total. The largest absolute Gasteiger partial charge is 0.293 e. The van der Waals surface area contributed by atoms with Crippen LogP contribution in [0.2, 0.25) is 0 Å². The van der Waals surface area contributed by atoms with Gasteiger partial charge in [0.05, 0.1) is 20.8 Å². The zero-order chi connectivity index (χ0) is 11.4. The van der Waals surface area contributed by atoms with Crippen molar-refractivity contribution >= 4 is 27.9 Å². The lowest BCUT2D eigenvalue weighted by Gasteiger charge is -1.99. The number of benzene rings is 1. The van der Waals surface area contributed by atoms with Gasteiger partial charge in [0, 0.05) is 5.56 Å². The van der Waals surface area contributed by atoms with Gasteiger partial charge in [-0.3, -0.25) is 9.00 Å².